The Kier molecular flexibility index (Phi) is 4.96. The third-order valence-corrected chi connectivity index (χ3v) is 3.23. The molecule has 21 heavy (non-hydrogen) atoms. The monoisotopic (exact) mass is 344 g/mol. The summed E-state index contributed by atoms with van der Waals surface area (Å²) in [6.45, 7) is 1.67. The summed E-state index contributed by atoms with van der Waals surface area (Å²) in [5, 5.41) is 11.6. The lowest BCUT2D eigenvalue weighted by molar-refractivity contribution is -0.122. The molecule has 0 aliphatic heterocycles. The van der Waals surface area contributed by atoms with E-state index in [1.165, 1.54) is 0 Å². The minimum absolute atomic E-state index is 0.273. The summed E-state index contributed by atoms with van der Waals surface area (Å²) in [6.07, 6.45) is -0.648. The molecule has 2 aromatic rings. The van der Waals surface area contributed by atoms with Gasteiger partial charge in [-0.3, -0.25) is 4.79 Å². The highest BCUT2D eigenvalue weighted by molar-refractivity contribution is 9.10. The number of nitriles is 1. The molecule has 0 heterocycles. The van der Waals surface area contributed by atoms with Crippen LogP contribution in [0, 0.1) is 11.3 Å². The molecule has 0 radical (unpaired) electrons. The Morgan fingerprint density at radius 3 is 2.76 bits per heavy atom. The zero-order valence-corrected chi connectivity index (χ0v) is 12.9. The number of amides is 1. The van der Waals surface area contributed by atoms with Crippen molar-refractivity contribution < 1.29 is 9.53 Å². The van der Waals surface area contributed by atoms with Gasteiger partial charge in [0.25, 0.3) is 5.91 Å². The largest absolute Gasteiger partial charge is 0.481 e. The van der Waals surface area contributed by atoms with Crippen LogP contribution in [0.3, 0.4) is 0 Å². The fraction of sp³-hybridized carbons (Fsp3) is 0.125. The van der Waals surface area contributed by atoms with E-state index < -0.39 is 6.10 Å². The highest BCUT2D eigenvalue weighted by atomic mass is 79.9. The molecule has 0 fully saturated rings. The van der Waals surface area contributed by atoms with E-state index in [9.17, 15) is 4.79 Å². The number of benzene rings is 2. The van der Waals surface area contributed by atoms with E-state index in [-0.39, 0.29) is 5.91 Å². The van der Waals surface area contributed by atoms with Crippen LogP contribution >= 0.6 is 15.9 Å². The molecule has 0 bridgehead atoms. The Labute approximate surface area is 131 Å². The van der Waals surface area contributed by atoms with Crippen LogP contribution in [0.25, 0.3) is 0 Å². The average molecular weight is 345 g/mol. The van der Waals surface area contributed by atoms with E-state index in [2.05, 4.69) is 21.2 Å². The number of halogens is 1. The molecule has 0 aliphatic carbocycles. The maximum absolute atomic E-state index is 12.1. The van der Waals surface area contributed by atoms with Crippen molar-refractivity contribution in [1.29, 1.82) is 5.26 Å². The second kappa shape index (κ2) is 6.91. The van der Waals surface area contributed by atoms with E-state index in [4.69, 9.17) is 10.00 Å². The van der Waals surface area contributed by atoms with Gasteiger partial charge in [0, 0.05) is 10.2 Å². The molecule has 0 unspecified atom stereocenters. The van der Waals surface area contributed by atoms with Crippen LogP contribution in [0.15, 0.2) is 53.0 Å². The van der Waals surface area contributed by atoms with Gasteiger partial charge < -0.3 is 10.1 Å². The van der Waals surface area contributed by atoms with Crippen LogP contribution in [0.1, 0.15) is 12.5 Å². The molecule has 1 atom stereocenters. The maximum Gasteiger partial charge on any atom is 0.265 e. The Morgan fingerprint density at radius 1 is 1.29 bits per heavy atom. The first-order chi connectivity index (χ1) is 10.1. The Hall–Kier alpha value is -2.32. The standard InChI is InChI=1S/C16H13BrN2O2/c1-11(21-15-7-3-5-13(17)9-15)16(20)19-14-6-2-4-12(8-14)10-18/h2-9,11H,1H3,(H,19,20)/t11-/m1/s1. The summed E-state index contributed by atoms with van der Waals surface area (Å²) in [5.74, 6) is 0.336. The molecule has 0 aromatic heterocycles. The Morgan fingerprint density at radius 2 is 2.05 bits per heavy atom. The van der Waals surface area contributed by atoms with Crippen LogP contribution in [-0.4, -0.2) is 12.0 Å². The zero-order valence-electron chi connectivity index (χ0n) is 11.3. The van der Waals surface area contributed by atoms with Crippen molar-refractivity contribution >= 4 is 27.5 Å². The van der Waals surface area contributed by atoms with Crippen molar-refractivity contribution in [2.75, 3.05) is 5.32 Å². The second-order valence-electron chi connectivity index (χ2n) is 4.40. The van der Waals surface area contributed by atoms with Crippen LogP contribution in [0.2, 0.25) is 0 Å². The summed E-state index contributed by atoms with van der Waals surface area (Å²) >= 11 is 3.35. The summed E-state index contributed by atoms with van der Waals surface area (Å²) in [6, 6.07) is 16.1. The zero-order chi connectivity index (χ0) is 15.2. The predicted molar refractivity (Wildman–Crippen MR) is 84.0 cm³/mol. The summed E-state index contributed by atoms with van der Waals surface area (Å²) in [5.41, 5.74) is 1.07. The number of hydrogen-bond acceptors (Lipinski definition) is 3. The number of nitrogens with zero attached hydrogens (tertiary/aromatic N) is 1. The molecule has 2 rings (SSSR count). The number of rotatable bonds is 4. The molecule has 0 saturated carbocycles. The summed E-state index contributed by atoms with van der Waals surface area (Å²) < 4.78 is 6.46. The van der Waals surface area contributed by atoms with E-state index in [1.807, 2.05) is 18.2 Å². The molecule has 4 nitrogen and oxygen atoms in total. The fourth-order valence-corrected chi connectivity index (χ4v) is 2.09. The van der Waals surface area contributed by atoms with Crippen LogP contribution in [-0.2, 0) is 4.79 Å². The topological polar surface area (TPSA) is 62.1 Å². The molecule has 0 aliphatic rings. The van der Waals surface area contributed by atoms with Crippen LogP contribution in [0.5, 0.6) is 5.75 Å². The number of hydrogen-bond donors (Lipinski definition) is 1. The number of anilines is 1. The van der Waals surface area contributed by atoms with Gasteiger partial charge in [-0.1, -0.05) is 28.1 Å². The van der Waals surface area contributed by atoms with Gasteiger partial charge in [-0.15, -0.1) is 0 Å². The highest BCUT2D eigenvalue weighted by Gasteiger charge is 2.15. The van der Waals surface area contributed by atoms with Crippen molar-refractivity contribution in [1.82, 2.24) is 0 Å². The molecule has 1 N–H and O–H groups in total. The van der Waals surface area contributed by atoms with E-state index in [1.54, 1.807) is 43.3 Å². The van der Waals surface area contributed by atoms with Crippen LogP contribution < -0.4 is 10.1 Å². The maximum atomic E-state index is 12.1. The molecular formula is C16H13BrN2O2. The second-order valence-corrected chi connectivity index (χ2v) is 5.31. The normalized spacial score (nSPS) is 11.3. The minimum Gasteiger partial charge on any atom is -0.481 e. The van der Waals surface area contributed by atoms with E-state index in [0.717, 1.165) is 4.47 Å². The number of carbonyl (C=O) groups is 1. The predicted octanol–water partition coefficient (Wildman–Crippen LogP) is 3.73. The molecule has 0 saturated heterocycles. The van der Waals surface area contributed by atoms with Gasteiger partial charge in [0.15, 0.2) is 6.10 Å². The molecule has 106 valence electrons. The molecule has 2 aromatic carbocycles. The SMILES string of the molecule is C[C@@H](Oc1cccc(Br)c1)C(=O)Nc1cccc(C#N)c1. The van der Waals surface area contributed by atoms with Gasteiger partial charge in [0.1, 0.15) is 5.75 Å². The van der Waals surface area contributed by atoms with Crippen molar-refractivity contribution in [3.63, 3.8) is 0 Å². The average Bonchev–Trinajstić information content (AvgIpc) is 2.47. The quantitative estimate of drug-likeness (QED) is 0.919. The van der Waals surface area contributed by atoms with Gasteiger partial charge in [0.05, 0.1) is 11.6 Å². The summed E-state index contributed by atoms with van der Waals surface area (Å²) in [4.78, 5) is 12.1. The molecule has 5 heteroatoms. The lowest BCUT2D eigenvalue weighted by Crippen LogP contribution is -2.30. The van der Waals surface area contributed by atoms with Crippen molar-refractivity contribution in [2.24, 2.45) is 0 Å². The Balaban J connectivity index is 2.01. The first kappa shape index (κ1) is 15.1. The van der Waals surface area contributed by atoms with Crippen molar-refractivity contribution in [3.8, 4) is 11.8 Å². The van der Waals surface area contributed by atoms with Crippen molar-refractivity contribution in [3.05, 3.63) is 58.6 Å². The number of ether oxygens (including phenoxy) is 1. The van der Waals surface area contributed by atoms with Gasteiger partial charge >= 0.3 is 0 Å². The van der Waals surface area contributed by atoms with Gasteiger partial charge in [-0.25, -0.2) is 0 Å². The van der Waals surface area contributed by atoms with E-state index >= 15 is 0 Å². The number of carbonyl (C=O) groups excluding carboxylic acids is 1. The highest BCUT2D eigenvalue weighted by Crippen LogP contribution is 2.19. The van der Waals surface area contributed by atoms with Crippen LogP contribution in [0.4, 0.5) is 5.69 Å². The van der Waals surface area contributed by atoms with Gasteiger partial charge in [0.2, 0.25) is 0 Å². The minimum atomic E-state index is -0.648. The summed E-state index contributed by atoms with van der Waals surface area (Å²) in [7, 11) is 0. The Bertz CT molecular complexity index is 695. The van der Waals surface area contributed by atoms with E-state index in [0.29, 0.717) is 17.0 Å². The van der Waals surface area contributed by atoms with Gasteiger partial charge in [-0.05, 0) is 43.3 Å². The third-order valence-electron chi connectivity index (χ3n) is 2.74. The first-order valence-electron chi connectivity index (χ1n) is 6.32. The molecular weight excluding hydrogens is 332 g/mol. The number of nitrogens with one attached hydrogen (secondary N) is 1. The van der Waals surface area contributed by atoms with Crippen molar-refractivity contribution in [2.45, 2.75) is 13.0 Å². The lowest BCUT2D eigenvalue weighted by Gasteiger charge is -2.15. The van der Waals surface area contributed by atoms with Gasteiger partial charge in [-0.2, -0.15) is 5.26 Å². The smallest absolute Gasteiger partial charge is 0.265 e. The molecule has 1 amide bonds. The fourth-order valence-electron chi connectivity index (χ4n) is 1.71. The first-order valence-corrected chi connectivity index (χ1v) is 7.11. The molecule has 0 spiro atoms. The lowest BCUT2D eigenvalue weighted by atomic mass is 10.2. The third kappa shape index (κ3) is 4.33.